The number of carbonyl (C=O) groups is 1. The molecule has 0 aliphatic carbocycles. The molecule has 1 aromatic rings. The number of carbonyl (C=O) groups excluding carboxylic acids is 1. The summed E-state index contributed by atoms with van der Waals surface area (Å²) in [6, 6.07) is 1.88. The maximum absolute atomic E-state index is 12.1. The van der Waals surface area contributed by atoms with Crippen LogP contribution < -0.4 is 0 Å². The number of likely N-dealkylation sites (tertiary alicyclic amines) is 1. The van der Waals surface area contributed by atoms with Gasteiger partial charge >= 0.3 is 0 Å². The van der Waals surface area contributed by atoms with Gasteiger partial charge in [-0.25, -0.2) is 0 Å². The van der Waals surface area contributed by atoms with E-state index in [1.165, 1.54) is 11.3 Å². The monoisotopic (exact) mass is 303 g/mol. The maximum atomic E-state index is 12.1. The van der Waals surface area contributed by atoms with Gasteiger partial charge in [-0.05, 0) is 39.7 Å². The minimum Gasteiger partial charge on any atom is -0.391 e. The lowest BCUT2D eigenvalue weighted by Gasteiger charge is -2.34. The van der Waals surface area contributed by atoms with Crippen molar-refractivity contribution >= 4 is 33.2 Å². The highest BCUT2D eigenvalue weighted by Crippen LogP contribution is 2.26. The summed E-state index contributed by atoms with van der Waals surface area (Å²) in [6.07, 6.45) is 0.479. The van der Waals surface area contributed by atoms with Gasteiger partial charge in [0.15, 0.2) is 0 Å². The van der Waals surface area contributed by atoms with E-state index in [1.54, 1.807) is 4.90 Å². The Kier molecular flexibility index (Phi) is 3.66. The number of amides is 1. The molecule has 5 heteroatoms. The van der Waals surface area contributed by atoms with E-state index in [1.807, 2.05) is 18.4 Å². The van der Waals surface area contributed by atoms with Crippen LogP contribution in [0.5, 0.6) is 0 Å². The molecule has 2 heterocycles. The Bertz CT molecular complexity index is 393. The zero-order chi connectivity index (χ0) is 11.7. The third-order valence-electron chi connectivity index (χ3n) is 3.02. The first-order chi connectivity index (χ1) is 7.59. The van der Waals surface area contributed by atoms with Crippen molar-refractivity contribution in [3.63, 3.8) is 0 Å². The van der Waals surface area contributed by atoms with Crippen molar-refractivity contribution in [2.45, 2.75) is 19.4 Å². The topological polar surface area (TPSA) is 40.5 Å². The Hall–Kier alpha value is -0.390. The summed E-state index contributed by atoms with van der Waals surface area (Å²) >= 11 is 4.79. The average Bonchev–Trinajstić information content (AvgIpc) is 2.67. The molecule has 3 nitrogen and oxygen atoms in total. The predicted octanol–water partition coefficient (Wildman–Crippen LogP) is 2.35. The fourth-order valence-electron chi connectivity index (χ4n) is 1.82. The van der Waals surface area contributed by atoms with Gasteiger partial charge in [-0.2, -0.15) is 0 Å². The van der Waals surface area contributed by atoms with Crippen LogP contribution in [0.4, 0.5) is 0 Å². The van der Waals surface area contributed by atoms with Gasteiger partial charge in [-0.1, -0.05) is 6.92 Å². The molecule has 1 aliphatic heterocycles. The number of β-amino-alcohol motifs (C(OH)–C–C–N with tert-alkyl or cyclic N) is 1. The molecule has 1 N–H and O–H groups in total. The van der Waals surface area contributed by atoms with Gasteiger partial charge in [0.2, 0.25) is 0 Å². The van der Waals surface area contributed by atoms with Crippen LogP contribution in [0.1, 0.15) is 23.0 Å². The van der Waals surface area contributed by atoms with Crippen molar-refractivity contribution in [2.24, 2.45) is 5.92 Å². The molecule has 88 valence electrons. The second-order valence-electron chi connectivity index (χ2n) is 4.18. The number of piperidine rings is 1. The van der Waals surface area contributed by atoms with Crippen LogP contribution in [0.25, 0.3) is 0 Å². The highest BCUT2D eigenvalue weighted by atomic mass is 79.9. The molecule has 1 aliphatic rings. The SMILES string of the molecule is CC1CCN(C(=O)c2sccc2Br)CC1O. The summed E-state index contributed by atoms with van der Waals surface area (Å²) in [5.41, 5.74) is 0. The Labute approximate surface area is 107 Å². The van der Waals surface area contributed by atoms with Crippen molar-refractivity contribution in [3.05, 3.63) is 20.8 Å². The average molecular weight is 304 g/mol. The summed E-state index contributed by atoms with van der Waals surface area (Å²) in [4.78, 5) is 14.6. The molecule has 16 heavy (non-hydrogen) atoms. The summed E-state index contributed by atoms with van der Waals surface area (Å²) in [6.45, 7) is 3.21. The van der Waals surface area contributed by atoms with E-state index >= 15 is 0 Å². The number of hydrogen-bond donors (Lipinski definition) is 1. The number of rotatable bonds is 1. The van der Waals surface area contributed by atoms with Gasteiger partial charge in [0.25, 0.3) is 5.91 Å². The van der Waals surface area contributed by atoms with E-state index in [-0.39, 0.29) is 11.8 Å². The molecule has 0 bridgehead atoms. The summed E-state index contributed by atoms with van der Waals surface area (Å²) in [5, 5.41) is 11.7. The predicted molar refractivity (Wildman–Crippen MR) is 67.7 cm³/mol. The third kappa shape index (κ3) is 2.31. The van der Waals surface area contributed by atoms with Gasteiger partial charge in [-0.3, -0.25) is 4.79 Å². The van der Waals surface area contributed by atoms with Gasteiger partial charge in [0.05, 0.1) is 6.10 Å². The Balaban J connectivity index is 2.09. The molecule has 0 aromatic carbocycles. The van der Waals surface area contributed by atoms with Crippen molar-refractivity contribution in [3.8, 4) is 0 Å². The molecule has 2 rings (SSSR count). The summed E-state index contributed by atoms with van der Waals surface area (Å²) in [5.74, 6) is 0.309. The van der Waals surface area contributed by atoms with Crippen LogP contribution in [-0.4, -0.2) is 35.1 Å². The molecular weight excluding hydrogens is 290 g/mol. The Morgan fingerprint density at radius 3 is 3.00 bits per heavy atom. The number of aliphatic hydroxyl groups excluding tert-OH is 1. The maximum Gasteiger partial charge on any atom is 0.265 e. The van der Waals surface area contributed by atoms with Crippen LogP contribution in [-0.2, 0) is 0 Å². The van der Waals surface area contributed by atoms with Crippen molar-refractivity contribution < 1.29 is 9.90 Å². The Morgan fingerprint density at radius 1 is 1.69 bits per heavy atom. The molecule has 2 atom stereocenters. The van der Waals surface area contributed by atoms with Gasteiger partial charge in [0, 0.05) is 17.6 Å². The van der Waals surface area contributed by atoms with Crippen LogP contribution in [0.3, 0.4) is 0 Å². The normalized spacial score (nSPS) is 25.8. The second-order valence-corrected chi connectivity index (χ2v) is 5.95. The molecule has 1 saturated heterocycles. The van der Waals surface area contributed by atoms with Crippen LogP contribution >= 0.6 is 27.3 Å². The first-order valence-corrected chi connectivity index (χ1v) is 6.97. The number of aliphatic hydroxyl groups is 1. The van der Waals surface area contributed by atoms with Crippen LogP contribution in [0, 0.1) is 5.92 Å². The number of hydrogen-bond acceptors (Lipinski definition) is 3. The van der Waals surface area contributed by atoms with Crippen LogP contribution in [0.2, 0.25) is 0 Å². The molecule has 1 aromatic heterocycles. The number of thiophene rings is 1. The van der Waals surface area contributed by atoms with E-state index in [9.17, 15) is 9.90 Å². The molecule has 1 amide bonds. The minimum absolute atomic E-state index is 0.0211. The fraction of sp³-hybridized carbons (Fsp3) is 0.545. The molecule has 1 fully saturated rings. The van der Waals surface area contributed by atoms with E-state index in [0.717, 1.165) is 22.3 Å². The molecule has 0 saturated carbocycles. The van der Waals surface area contributed by atoms with E-state index in [0.29, 0.717) is 6.54 Å². The lowest BCUT2D eigenvalue weighted by Crippen LogP contribution is -2.45. The van der Waals surface area contributed by atoms with E-state index in [2.05, 4.69) is 15.9 Å². The van der Waals surface area contributed by atoms with E-state index in [4.69, 9.17) is 0 Å². The van der Waals surface area contributed by atoms with Crippen LogP contribution in [0.15, 0.2) is 15.9 Å². The quantitative estimate of drug-likeness (QED) is 0.865. The molecule has 0 radical (unpaired) electrons. The number of halogens is 1. The number of nitrogens with zero attached hydrogens (tertiary/aromatic N) is 1. The highest BCUT2D eigenvalue weighted by Gasteiger charge is 2.28. The van der Waals surface area contributed by atoms with E-state index < -0.39 is 6.10 Å². The van der Waals surface area contributed by atoms with Gasteiger partial charge < -0.3 is 10.0 Å². The Morgan fingerprint density at radius 2 is 2.44 bits per heavy atom. The lowest BCUT2D eigenvalue weighted by atomic mass is 9.96. The molecule has 0 spiro atoms. The smallest absolute Gasteiger partial charge is 0.265 e. The van der Waals surface area contributed by atoms with Crippen molar-refractivity contribution in [1.82, 2.24) is 4.90 Å². The standard InChI is InChI=1S/C11H14BrNO2S/c1-7-2-4-13(6-9(7)14)11(15)10-8(12)3-5-16-10/h3,5,7,9,14H,2,4,6H2,1H3. The lowest BCUT2D eigenvalue weighted by molar-refractivity contribution is 0.0251. The van der Waals surface area contributed by atoms with Gasteiger partial charge in [0.1, 0.15) is 4.88 Å². The summed E-state index contributed by atoms with van der Waals surface area (Å²) in [7, 11) is 0. The first kappa shape index (κ1) is 12.1. The fourth-order valence-corrected chi connectivity index (χ4v) is 3.33. The largest absolute Gasteiger partial charge is 0.391 e. The minimum atomic E-state index is -0.392. The van der Waals surface area contributed by atoms with Crippen molar-refractivity contribution in [1.29, 1.82) is 0 Å². The third-order valence-corrected chi connectivity index (χ3v) is 4.84. The van der Waals surface area contributed by atoms with Crippen molar-refractivity contribution in [2.75, 3.05) is 13.1 Å². The molecular formula is C11H14BrNO2S. The van der Waals surface area contributed by atoms with Gasteiger partial charge in [-0.15, -0.1) is 11.3 Å². The molecule has 2 unspecified atom stereocenters. The zero-order valence-electron chi connectivity index (χ0n) is 9.02. The zero-order valence-corrected chi connectivity index (χ0v) is 11.4. The second kappa shape index (κ2) is 4.85. The highest BCUT2D eigenvalue weighted by molar-refractivity contribution is 9.10. The first-order valence-electron chi connectivity index (χ1n) is 5.30. The summed E-state index contributed by atoms with van der Waals surface area (Å²) < 4.78 is 0.843.